The SMILES string of the molecule is CC1CN(C(=O)C(N)C2CCOCC2)CC1N1CCOCC1.Cl.Cl. The molecule has 8 heteroatoms. The second-order valence-electron chi connectivity index (χ2n) is 6.91. The number of ether oxygens (including phenoxy) is 2. The van der Waals surface area contributed by atoms with Gasteiger partial charge in [0.05, 0.1) is 19.3 Å². The Morgan fingerprint density at radius 1 is 1.04 bits per heavy atom. The topological polar surface area (TPSA) is 68.0 Å². The number of morpholine rings is 1. The molecule has 3 fully saturated rings. The minimum atomic E-state index is -0.362. The van der Waals surface area contributed by atoms with Crippen molar-refractivity contribution in [2.45, 2.75) is 31.8 Å². The highest BCUT2D eigenvalue weighted by Gasteiger charge is 2.39. The lowest BCUT2D eigenvalue weighted by Crippen LogP contribution is -2.50. The first-order valence-electron chi connectivity index (χ1n) is 8.60. The molecule has 3 atom stereocenters. The lowest BCUT2D eigenvalue weighted by molar-refractivity contribution is -0.134. The summed E-state index contributed by atoms with van der Waals surface area (Å²) in [5, 5.41) is 0. The number of hydrogen-bond acceptors (Lipinski definition) is 5. The molecule has 3 saturated heterocycles. The molecule has 0 aromatic heterocycles. The van der Waals surface area contributed by atoms with Crippen molar-refractivity contribution in [1.82, 2.24) is 9.80 Å². The van der Waals surface area contributed by atoms with Crippen molar-refractivity contribution in [3.8, 4) is 0 Å². The highest BCUT2D eigenvalue weighted by atomic mass is 35.5. The lowest BCUT2D eigenvalue weighted by Gasteiger charge is -2.34. The summed E-state index contributed by atoms with van der Waals surface area (Å²) >= 11 is 0. The minimum Gasteiger partial charge on any atom is -0.381 e. The number of nitrogens with two attached hydrogens (primary N) is 1. The van der Waals surface area contributed by atoms with Crippen molar-refractivity contribution >= 4 is 30.7 Å². The fraction of sp³-hybridized carbons (Fsp3) is 0.938. The number of rotatable bonds is 3. The fourth-order valence-electron chi connectivity index (χ4n) is 4.00. The number of nitrogens with zero attached hydrogens (tertiary/aromatic N) is 2. The predicted octanol–water partition coefficient (Wildman–Crippen LogP) is 0.763. The van der Waals surface area contributed by atoms with Crippen LogP contribution in [0.2, 0.25) is 0 Å². The molecule has 0 radical (unpaired) electrons. The van der Waals surface area contributed by atoms with Crippen LogP contribution >= 0.6 is 24.8 Å². The third-order valence-electron chi connectivity index (χ3n) is 5.46. The maximum Gasteiger partial charge on any atom is 0.239 e. The summed E-state index contributed by atoms with van der Waals surface area (Å²) in [5.74, 6) is 0.914. The molecule has 3 rings (SSSR count). The van der Waals surface area contributed by atoms with E-state index >= 15 is 0 Å². The van der Waals surface area contributed by atoms with Gasteiger partial charge in [0.2, 0.25) is 5.91 Å². The van der Waals surface area contributed by atoms with Gasteiger partial charge in [-0.2, -0.15) is 0 Å². The molecule has 3 aliphatic rings. The van der Waals surface area contributed by atoms with Gasteiger partial charge in [-0.05, 0) is 24.7 Å². The molecule has 0 aliphatic carbocycles. The molecular weight excluding hydrogens is 353 g/mol. The standard InChI is InChI=1S/C16H29N3O3.2ClH/c1-12-10-19(11-14(12)18-4-8-22-9-5-18)16(20)15(17)13-2-6-21-7-3-13;;/h12-15H,2-11,17H2,1H3;2*1H. The van der Waals surface area contributed by atoms with Gasteiger partial charge in [-0.15, -0.1) is 24.8 Å². The van der Waals surface area contributed by atoms with E-state index in [-0.39, 0.29) is 42.7 Å². The molecule has 0 spiro atoms. The largest absolute Gasteiger partial charge is 0.381 e. The van der Waals surface area contributed by atoms with Crippen LogP contribution < -0.4 is 5.73 Å². The maximum atomic E-state index is 12.7. The van der Waals surface area contributed by atoms with Crippen LogP contribution in [-0.2, 0) is 14.3 Å². The molecule has 0 saturated carbocycles. The van der Waals surface area contributed by atoms with Crippen molar-refractivity contribution < 1.29 is 14.3 Å². The molecule has 3 unspecified atom stereocenters. The zero-order chi connectivity index (χ0) is 15.5. The molecule has 3 aliphatic heterocycles. The molecule has 0 bridgehead atoms. The van der Waals surface area contributed by atoms with Gasteiger partial charge in [-0.3, -0.25) is 9.69 Å². The molecule has 0 aromatic rings. The maximum absolute atomic E-state index is 12.7. The Morgan fingerprint density at radius 2 is 1.62 bits per heavy atom. The van der Waals surface area contributed by atoms with Crippen LogP contribution in [0, 0.1) is 11.8 Å². The number of amides is 1. The first-order chi connectivity index (χ1) is 10.7. The minimum absolute atomic E-state index is 0. The van der Waals surface area contributed by atoms with E-state index in [2.05, 4.69) is 11.8 Å². The Hall–Kier alpha value is -0.110. The van der Waals surface area contributed by atoms with Crippen molar-refractivity contribution in [1.29, 1.82) is 0 Å². The summed E-state index contributed by atoms with van der Waals surface area (Å²) in [5.41, 5.74) is 6.26. The lowest BCUT2D eigenvalue weighted by atomic mass is 9.91. The number of hydrogen-bond donors (Lipinski definition) is 1. The summed E-state index contributed by atoms with van der Waals surface area (Å²) in [6, 6.07) is 0.0919. The average molecular weight is 384 g/mol. The second-order valence-corrected chi connectivity index (χ2v) is 6.91. The highest BCUT2D eigenvalue weighted by Crippen LogP contribution is 2.25. The van der Waals surface area contributed by atoms with Gasteiger partial charge >= 0.3 is 0 Å². The fourth-order valence-corrected chi connectivity index (χ4v) is 4.00. The Balaban J connectivity index is 0.00000144. The molecule has 24 heavy (non-hydrogen) atoms. The molecule has 142 valence electrons. The predicted molar refractivity (Wildman–Crippen MR) is 97.9 cm³/mol. The Bertz CT molecular complexity index is 391. The third kappa shape index (κ3) is 4.96. The Kier molecular flexibility index (Phi) is 9.27. The summed E-state index contributed by atoms with van der Waals surface area (Å²) in [6.07, 6.45) is 1.81. The number of carbonyl (C=O) groups excluding carboxylic acids is 1. The Morgan fingerprint density at radius 3 is 2.25 bits per heavy atom. The van der Waals surface area contributed by atoms with Crippen molar-refractivity contribution in [3.05, 3.63) is 0 Å². The van der Waals surface area contributed by atoms with Gasteiger partial charge in [-0.25, -0.2) is 0 Å². The van der Waals surface area contributed by atoms with Crippen LogP contribution in [0.5, 0.6) is 0 Å². The van der Waals surface area contributed by atoms with Crippen LogP contribution in [0.3, 0.4) is 0 Å². The monoisotopic (exact) mass is 383 g/mol. The number of halogens is 2. The summed E-state index contributed by atoms with van der Waals surface area (Å²) < 4.78 is 10.8. The molecule has 1 amide bonds. The second kappa shape index (κ2) is 10.1. The molecule has 0 aromatic carbocycles. The molecular formula is C16H31Cl2N3O3. The van der Waals surface area contributed by atoms with Gasteiger partial charge in [-0.1, -0.05) is 6.92 Å². The van der Waals surface area contributed by atoms with Crippen LogP contribution in [-0.4, -0.2) is 80.4 Å². The molecule has 2 N–H and O–H groups in total. The molecule has 3 heterocycles. The summed E-state index contributed by atoms with van der Waals surface area (Å²) in [4.78, 5) is 17.2. The van der Waals surface area contributed by atoms with E-state index < -0.39 is 0 Å². The first kappa shape index (κ1) is 21.9. The van der Waals surface area contributed by atoms with Gasteiger partial charge < -0.3 is 20.1 Å². The summed E-state index contributed by atoms with van der Waals surface area (Å²) in [6.45, 7) is 8.92. The van der Waals surface area contributed by atoms with Crippen LogP contribution in [0.15, 0.2) is 0 Å². The third-order valence-corrected chi connectivity index (χ3v) is 5.46. The van der Waals surface area contributed by atoms with E-state index in [1.165, 1.54) is 0 Å². The zero-order valence-corrected chi connectivity index (χ0v) is 16.0. The van der Waals surface area contributed by atoms with Gasteiger partial charge in [0.25, 0.3) is 0 Å². The zero-order valence-electron chi connectivity index (χ0n) is 14.4. The average Bonchev–Trinajstić information content (AvgIpc) is 2.97. The van der Waals surface area contributed by atoms with Crippen LogP contribution in [0.25, 0.3) is 0 Å². The first-order valence-corrected chi connectivity index (χ1v) is 8.60. The van der Waals surface area contributed by atoms with Crippen molar-refractivity contribution in [2.75, 3.05) is 52.6 Å². The normalized spacial score (nSPS) is 30.3. The van der Waals surface area contributed by atoms with Crippen LogP contribution in [0.1, 0.15) is 19.8 Å². The van der Waals surface area contributed by atoms with E-state index in [9.17, 15) is 4.79 Å². The number of carbonyl (C=O) groups is 1. The van der Waals surface area contributed by atoms with Crippen molar-refractivity contribution in [3.63, 3.8) is 0 Å². The highest BCUT2D eigenvalue weighted by molar-refractivity contribution is 5.85. The van der Waals surface area contributed by atoms with Gasteiger partial charge in [0.1, 0.15) is 0 Å². The quantitative estimate of drug-likeness (QED) is 0.778. The smallest absolute Gasteiger partial charge is 0.239 e. The van der Waals surface area contributed by atoms with E-state index in [1.807, 2.05) is 4.90 Å². The molecule has 6 nitrogen and oxygen atoms in total. The van der Waals surface area contributed by atoms with E-state index in [1.54, 1.807) is 0 Å². The summed E-state index contributed by atoms with van der Waals surface area (Å²) in [7, 11) is 0. The number of likely N-dealkylation sites (tertiary alicyclic amines) is 1. The Labute approximate surface area is 157 Å². The van der Waals surface area contributed by atoms with E-state index in [4.69, 9.17) is 15.2 Å². The van der Waals surface area contributed by atoms with Gasteiger partial charge in [0.15, 0.2) is 0 Å². The van der Waals surface area contributed by atoms with E-state index in [0.717, 1.165) is 65.4 Å². The van der Waals surface area contributed by atoms with E-state index in [0.29, 0.717) is 12.0 Å². The van der Waals surface area contributed by atoms with Gasteiger partial charge in [0, 0.05) is 45.4 Å². The van der Waals surface area contributed by atoms with Crippen molar-refractivity contribution in [2.24, 2.45) is 17.6 Å². The van der Waals surface area contributed by atoms with Crippen LogP contribution in [0.4, 0.5) is 0 Å².